The number of halogens is 1. The van der Waals surface area contributed by atoms with E-state index in [4.69, 9.17) is 4.98 Å². The predicted molar refractivity (Wildman–Crippen MR) is 88.7 cm³/mol. The Kier molecular flexibility index (Phi) is 3.72. The number of hydrogen-bond donors (Lipinski definition) is 1. The molecule has 0 radical (unpaired) electrons. The summed E-state index contributed by atoms with van der Waals surface area (Å²) in [6, 6.07) is 13.9. The monoisotopic (exact) mass is 344 g/mol. The molecule has 0 bridgehead atoms. The van der Waals surface area contributed by atoms with Gasteiger partial charge in [-0.1, -0.05) is 34.1 Å². The summed E-state index contributed by atoms with van der Waals surface area (Å²) in [4.78, 5) is 4.75. The number of fused-ring (bicyclic) bond motifs is 1. The van der Waals surface area contributed by atoms with Crippen LogP contribution in [0.25, 0.3) is 11.0 Å². The third-order valence-electron chi connectivity index (χ3n) is 3.58. The first-order chi connectivity index (χ1) is 10.1. The van der Waals surface area contributed by atoms with E-state index in [9.17, 15) is 5.11 Å². The van der Waals surface area contributed by atoms with E-state index < -0.39 is 0 Å². The van der Waals surface area contributed by atoms with Gasteiger partial charge >= 0.3 is 0 Å². The Balaban J connectivity index is 2.13. The summed E-state index contributed by atoms with van der Waals surface area (Å²) in [6.07, 6.45) is 0.622. The molecule has 0 aliphatic carbocycles. The van der Waals surface area contributed by atoms with E-state index in [-0.39, 0.29) is 0 Å². The average molecular weight is 345 g/mol. The lowest BCUT2D eigenvalue weighted by Gasteiger charge is -2.13. The third kappa shape index (κ3) is 2.68. The van der Waals surface area contributed by atoms with Crippen LogP contribution in [0.5, 0.6) is 5.75 Å². The van der Waals surface area contributed by atoms with Crippen molar-refractivity contribution in [2.24, 2.45) is 0 Å². The Morgan fingerprint density at radius 2 is 1.95 bits per heavy atom. The molecule has 0 amide bonds. The highest BCUT2D eigenvalue weighted by Crippen LogP contribution is 2.27. The quantitative estimate of drug-likeness (QED) is 0.749. The van der Waals surface area contributed by atoms with E-state index in [0.717, 1.165) is 26.9 Å². The van der Waals surface area contributed by atoms with Gasteiger partial charge in [0.15, 0.2) is 0 Å². The molecule has 2 aromatic carbocycles. The van der Waals surface area contributed by atoms with Gasteiger partial charge in [-0.15, -0.1) is 0 Å². The van der Waals surface area contributed by atoms with Crippen LogP contribution in [0, 0.1) is 0 Å². The Bertz CT molecular complexity index is 793. The van der Waals surface area contributed by atoms with Crippen LogP contribution in [-0.4, -0.2) is 14.7 Å². The zero-order chi connectivity index (χ0) is 15.0. The highest BCUT2D eigenvalue weighted by molar-refractivity contribution is 9.10. The van der Waals surface area contributed by atoms with Crippen LogP contribution in [0.2, 0.25) is 0 Å². The minimum atomic E-state index is 0.317. The number of aromatic nitrogens is 2. The van der Waals surface area contributed by atoms with Crippen molar-refractivity contribution < 1.29 is 5.11 Å². The van der Waals surface area contributed by atoms with Crippen molar-refractivity contribution in [1.29, 1.82) is 0 Å². The average Bonchev–Trinajstić information content (AvgIpc) is 2.78. The Hall–Kier alpha value is -1.81. The number of phenolic OH excluding ortho intramolecular Hbond substituents is 1. The van der Waals surface area contributed by atoms with Crippen molar-refractivity contribution in [3.63, 3.8) is 0 Å². The fraction of sp³-hybridized carbons (Fsp3) is 0.235. The normalized spacial score (nSPS) is 11.4. The number of aromatic hydroxyl groups is 1. The summed E-state index contributed by atoms with van der Waals surface area (Å²) in [5.41, 5.74) is 3.00. The third-order valence-corrected chi connectivity index (χ3v) is 4.07. The molecule has 1 heterocycles. The van der Waals surface area contributed by atoms with Crippen molar-refractivity contribution in [2.75, 3.05) is 0 Å². The van der Waals surface area contributed by atoms with Gasteiger partial charge in [-0.05, 0) is 38.1 Å². The molecule has 0 aliphatic heterocycles. The maximum absolute atomic E-state index is 9.98. The molecule has 0 fully saturated rings. The van der Waals surface area contributed by atoms with Gasteiger partial charge < -0.3 is 9.67 Å². The van der Waals surface area contributed by atoms with Crippen LogP contribution in [0.15, 0.2) is 46.9 Å². The largest absolute Gasteiger partial charge is 0.508 e. The van der Waals surface area contributed by atoms with Gasteiger partial charge in [0, 0.05) is 22.5 Å². The molecule has 0 atom stereocenters. The summed E-state index contributed by atoms with van der Waals surface area (Å²) in [5.74, 6) is 1.29. The molecule has 4 heteroatoms. The van der Waals surface area contributed by atoms with Crippen molar-refractivity contribution >= 4 is 27.0 Å². The van der Waals surface area contributed by atoms with Gasteiger partial charge in [0.2, 0.25) is 0 Å². The van der Waals surface area contributed by atoms with Crippen LogP contribution < -0.4 is 0 Å². The topological polar surface area (TPSA) is 38.0 Å². The molecule has 0 unspecified atom stereocenters. The molecule has 0 spiro atoms. The molecule has 0 saturated carbocycles. The Morgan fingerprint density at radius 1 is 1.19 bits per heavy atom. The minimum absolute atomic E-state index is 0.317. The summed E-state index contributed by atoms with van der Waals surface area (Å²) in [7, 11) is 0. The first kappa shape index (κ1) is 14.1. The van der Waals surface area contributed by atoms with Crippen LogP contribution in [0.1, 0.15) is 31.3 Å². The lowest BCUT2D eigenvalue weighted by atomic mass is 10.1. The Labute approximate surface area is 132 Å². The molecule has 108 valence electrons. The highest BCUT2D eigenvalue weighted by Gasteiger charge is 2.15. The minimum Gasteiger partial charge on any atom is -0.508 e. The van der Waals surface area contributed by atoms with E-state index >= 15 is 0 Å². The summed E-state index contributed by atoms with van der Waals surface area (Å²) in [5, 5.41) is 9.98. The molecule has 3 rings (SSSR count). The smallest absolute Gasteiger partial charge is 0.119 e. The zero-order valence-corrected chi connectivity index (χ0v) is 13.6. The van der Waals surface area contributed by atoms with Gasteiger partial charge in [0.1, 0.15) is 11.6 Å². The standard InChI is InChI=1S/C17H17BrN2O/c1-11(2)20-15-8-7-13(18)10-14(15)19-17(20)9-12-5-3-4-6-16(12)21/h3-8,10-11,21H,9H2,1-2H3. The second-order valence-corrected chi connectivity index (χ2v) is 6.35. The summed E-state index contributed by atoms with van der Waals surface area (Å²) in [6.45, 7) is 4.30. The molecule has 0 saturated heterocycles. The number of rotatable bonds is 3. The van der Waals surface area contributed by atoms with Crippen molar-refractivity contribution in [3.05, 3.63) is 58.3 Å². The predicted octanol–water partition coefficient (Wildman–Crippen LogP) is 4.68. The molecule has 0 aliphatic rings. The fourth-order valence-electron chi connectivity index (χ4n) is 2.65. The zero-order valence-electron chi connectivity index (χ0n) is 12.0. The van der Waals surface area contributed by atoms with Gasteiger partial charge in [-0.3, -0.25) is 0 Å². The molecule has 1 N–H and O–H groups in total. The van der Waals surface area contributed by atoms with Crippen molar-refractivity contribution in [1.82, 2.24) is 9.55 Å². The number of hydrogen-bond acceptors (Lipinski definition) is 2. The SMILES string of the molecule is CC(C)n1c(Cc2ccccc2O)nc2cc(Br)ccc21. The number of phenols is 1. The van der Waals surface area contributed by atoms with Gasteiger partial charge in [0.25, 0.3) is 0 Å². The van der Waals surface area contributed by atoms with Crippen LogP contribution in [0.4, 0.5) is 0 Å². The van der Waals surface area contributed by atoms with Crippen molar-refractivity contribution in [2.45, 2.75) is 26.3 Å². The summed E-state index contributed by atoms with van der Waals surface area (Å²) < 4.78 is 3.26. The lowest BCUT2D eigenvalue weighted by Crippen LogP contribution is -2.07. The second kappa shape index (κ2) is 5.53. The second-order valence-electron chi connectivity index (χ2n) is 5.43. The van der Waals surface area contributed by atoms with Gasteiger partial charge in [-0.2, -0.15) is 0 Å². The van der Waals surface area contributed by atoms with Crippen LogP contribution >= 0.6 is 15.9 Å². The number of nitrogens with zero attached hydrogens (tertiary/aromatic N) is 2. The van der Waals surface area contributed by atoms with Crippen LogP contribution in [-0.2, 0) is 6.42 Å². The number of imidazole rings is 1. The molecule has 1 aromatic heterocycles. The maximum atomic E-state index is 9.98. The fourth-order valence-corrected chi connectivity index (χ4v) is 3.00. The van der Waals surface area contributed by atoms with Gasteiger partial charge in [0.05, 0.1) is 11.0 Å². The molecule has 3 nitrogen and oxygen atoms in total. The lowest BCUT2D eigenvalue weighted by molar-refractivity contribution is 0.468. The van der Waals surface area contributed by atoms with E-state index in [1.165, 1.54) is 0 Å². The summed E-state index contributed by atoms with van der Waals surface area (Å²) >= 11 is 3.49. The van der Waals surface area contributed by atoms with Gasteiger partial charge in [-0.25, -0.2) is 4.98 Å². The first-order valence-corrected chi connectivity index (χ1v) is 7.79. The highest BCUT2D eigenvalue weighted by atomic mass is 79.9. The van der Waals surface area contributed by atoms with E-state index in [2.05, 4.69) is 40.4 Å². The molecular formula is C17H17BrN2O. The maximum Gasteiger partial charge on any atom is 0.119 e. The molecule has 3 aromatic rings. The number of benzene rings is 2. The van der Waals surface area contributed by atoms with Crippen molar-refractivity contribution in [3.8, 4) is 5.75 Å². The first-order valence-electron chi connectivity index (χ1n) is 6.99. The van der Waals surface area contributed by atoms with E-state index in [1.54, 1.807) is 6.07 Å². The molecular weight excluding hydrogens is 328 g/mol. The Morgan fingerprint density at radius 3 is 2.67 bits per heavy atom. The molecule has 21 heavy (non-hydrogen) atoms. The van der Waals surface area contributed by atoms with Crippen LogP contribution in [0.3, 0.4) is 0 Å². The van der Waals surface area contributed by atoms with E-state index in [0.29, 0.717) is 18.2 Å². The van der Waals surface area contributed by atoms with E-state index in [1.807, 2.05) is 30.3 Å². The number of para-hydroxylation sites is 1.